The number of rotatable bonds is 8. The highest BCUT2D eigenvalue weighted by Crippen LogP contribution is 2.50. The van der Waals surface area contributed by atoms with Crippen LogP contribution in [0.4, 0.5) is 0 Å². The molecule has 29 heavy (non-hydrogen) atoms. The average molecular weight is 483 g/mol. The van der Waals surface area contributed by atoms with Gasteiger partial charge in [-0.05, 0) is 53.7 Å². The highest BCUT2D eigenvalue weighted by atomic mass is 79.9. The largest absolute Gasteiger partial charge is 0.381 e. The average Bonchev–Trinajstić information content (AvgIpc) is 2.95. The van der Waals surface area contributed by atoms with E-state index in [2.05, 4.69) is 78.6 Å². The molecule has 0 amide bonds. The Kier molecular flexibility index (Phi) is 8.05. The summed E-state index contributed by atoms with van der Waals surface area (Å²) in [6, 6.07) is 10.1. The summed E-state index contributed by atoms with van der Waals surface area (Å²) < 4.78 is 13.1. The molecule has 2 aliphatic heterocycles. The molecule has 0 bridgehead atoms. The Hall–Kier alpha value is -0.203. The molecule has 1 aromatic carbocycles. The molecule has 3 nitrogen and oxygen atoms in total. The van der Waals surface area contributed by atoms with Crippen LogP contribution >= 0.6 is 15.9 Å². The van der Waals surface area contributed by atoms with Crippen molar-refractivity contribution in [3.63, 3.8) is 0 Å². The Morgan fingerprint density at radius 1 is 1.21 bits per heavy atom. The summed E-state index contributed by atoms with van der Waals surface area (Å²) in [4.78, 5) is 2.55. The summed E-state index contributed by atoms with van der Waals surface area (Å²) in [5, 5.41) is 0. The quantitative estimate of drug-likeness (QED) is 0.324. The van der Waals surface area contributed by atoms with E-state index in [0.717, 1.165) is 39.6 Å². The van der Waals surface area contributed by atoms with Crippen molar-refractivity contribution in [2.45, 2.75) is 58.3 Å². The topological polar surface area (TPSA) is 21.7 Å². The lowest BCUT2D eigenvalue weighted by molar-refractivity contribution is 0.0375. The fourth-order valence-electron chi connectivity index (χ4n) is 5.17. The number of likely N-dealkylation sites (tertiary alicyclic amines) is 1. The maximum atomic E-state index is 6.12. The molecular formula is C24H40BrNO2Si. The molecule has 0 aliphatic carbocycles. The molecule has 2 aliphatic rings. The van der Waals surface area contributed by atoms with E-state index in [4.69, 9.17) is 9.47 Å². The first-order valence-electron chi connectivity index (χ1n) is 11.3. The summed E-state index contributed by atoms with van der Waals surface area (Å²) >= 11 is 3.87. The summed E-state index contributed by atoms with van der Waals surface area (Å²) in [7, 11) is -1.03. The summed E-state index contributed by atoms with van der Waals surface area (Å²) in [5.74, 6) is 1.89. The van der Waals surface area contributed by atoms with Gasteiger partial charge in [-0.3, -0.25) is 4.90 Å². The summed E-state index contributed by atoms with van der Waals surface area (Å²) in [6.45, 7) is 17.9. The van der Waals surface area contributed by atoms with Crippen LogP contribution < -0.4 is 0 Å². The molecule has 0 radical (unpaired) electrons. The van der Waals surface area contributed by atoms with Gasteiger partial charge in [0.15, 0.2) is 0 Å². The van der Waals surface area contributed by atoms with Crippen LogP contribution in [0.1, 0.15) is 38.2 Å². The fourth-order valence-corrected chi connectivity index (χ4v) is 6.48. The second-order valence-electron chi connectivity index (χ2n) is 11.0. The first-order valence-corrected chi connectivity index (χ1v) is 15.8. The maximum absolute atomic E-state index is 6.12. The van der Waals surface area contributed by atoms with E-state index in [-0.39, 0.29) is 5.41 Å². The maximum Gasteiger partial charge on any atom is 0.0990 e. The number of hydrogen-bond donors (Lipinski definition) is 0. The lowest BCUT2D eigenvalue weighted by Gasteiger charge is -2.40. The van der Waals surface area contributed by atoms with Crippen LogP contribution in [0, 0.1) is 17.3 Å². The third kappa shape index (κ3) is 6.39. The zero-order valence-corrected chi connectivity index (χ0v) is 21.6. The van der Waals surface area contributed by atoms with Gasteiger partial charge < -0.3 is 9.47 Å². The van der Waals surface area contributed by atoms with Crippen LogP contribution in [0.25, 0.3) is 0 Å². The van der Waals surface area contributed by atoms with Gasteiger partial charge >= 0.3 is 0 Å². The van der Waals surface area contributed by atoms with Gasteiger partial charge in [0.05, 0.1) is 6.73 Å². The molecule has 2 saturated heterocycles. The van der Waals surface area contributed by atoms with Crippen molar-refractivity contribution >= 4 is 24.0 Å². The van der Waals surface area contributed by atoms with Gasteiger partial charge in [0.1, 0.15) is 0 Å². The molecule has 0 N–H and O–H groups in total. The number of benzene rings is 1. The third-order valence-corrected chi connectivity index (χ3v) is 9.26. The molecule has 2 atom stereocenters. The van der Waals surface area contributed by atoms with E-state index in [1.165, 1.54) is 28.9 Å². The van der Waals surface area contributed by atoms with Gasteiger partial charge in [-0.15, -0.1) is 0 Å². The van der Waals surface area contributed by atoms with E-state index in [9.17, 15) is 0 Å². The van der Waals surface area contributed by atoms with Crippen LogP contribution in [0.5, 0.6) is 0 Å². The van der Waals surface area contributed by atoms with Gasteiger partial charge in [-0.1, -0.05) is 67.6 Å². The second kappa shape index (κ2) is 9.95. The Balaban J connectivity index is 1.73. The Morgan fingerprint density at radius 3 is 2.55 bits per heavy atom. The number of hydrogen-bond acceptors (Lipinski definition) is 3. The Bertz CT molecular complexity index is 655. The third-order valence-electron chi connectivity index (χ3n) is 6.83. The minimum Gasteiger partial charge on any atom is -0.381 e. The zero-order valence-electron chi connectivity index (χ0n) is 19.0. The highest BCUT2D eigenvalue weighted by molar-refractivity contribution is 9.10. The minimum atomic E-state index is -1.03. The number of halogens is 1. The van der Waals surface area contributed by atoms with Crippen LogP contribution in [-0.4, -0.2) is 52.6 Å². The van der Waals surface area contributed by atoms with E-state index >= 15 is 0 Å². The molecule has 5 heteroatoms. The molecule has 2 fully saturated rings. The smallest absolute Gasteiger partial charge is 0.0990 e. The normalized spacial score (nSPS) is 24.7. The zero-order chi connectivity index (χ0) is 21.1. The van der Waals surface area contributed by atoms with E-state index < -0.39 is 8.07 Å². The standard InChI is InChI=1S/C24H40BrNO2Si/c1-24(2)17-26(18-28-14-15-29(3,4)5)16-21(24)23(19-10-12-27-13-11-19)20-8-6-7-9-22(20)25/h6-9,19,21,23H,10-18H2,1-5H3/t21-,23?/m0/s1. The second-order valence-corrected chi connectivity index (χ2v) is 17.4. The van der Waals surface area contributed by atoms with Gasteiger partial charge in [0, 0.05) is 45.5 Å². The highest BCUT2D eigenvalue weighted by Gasteiger charge is 2.46. The molecule has 1 unspecified atom stereocenters. The van der Waals surface area contributed by atoms with E-state index in [1.807, 2.05) is 0 Å². The van der Waals surface area contributed by atoms with Gasteiger partial charge in [-0.2, -0.15) is 0 Å². The van der Waals surface area contributed by atoms with Gasteiger partial charge in [0.25, 0.3) is 0 Å². The van der Waals surface area contributed by atoms with Crippen molar-refractivity contribution in [1.82, 2.24) is 4.90 Å². The van der Waals surface area contributed by atoms with Crippen LogP contribution in [-0.2, 0) is 9.47 Å². The van der Waals surface area contributed by atoms with Crippen LogP contribution in [0.3, 0.4) is 0 Å². The SMILES string of the molecule is CC1(C)CN(COCC[Si](C)(C)C)C[C@H]1C(c1ccccc1Br)C1CCOCC1. The van der Waals surface area contributed by atoms with Crippen LogP contribution in [0.2, 0.25) is 25.7 Å². The van der Waals surface area contributed by atoms with Crippen molar-refractivity contribution in [1.29, 1.82) is 0 Å². The van der Waals surface area contributed by atoms with E-state index in [1.54, 1.807) is 0 Å². The lowest BCUT2D eigenvalue weighted by atomic mass is 9.65. The molecular weight excluding hydrogens is 442 g/mol. The first kappa shape index (κ1) is 23.5. The molecule has 164 valence electrons. The molecule has 0 saturated carbocycles. The minimum absolute atomic E-state index is 0.278. The van der Waals surface area contributed by atoms with Crippen molar-refractivity contribution in [3.8, 4) is 0 Å². The predicted molar refractivity (Wildman–Crippen MR) is 128 cm³/mol. The van der Waals surface area contributed by atoms with Gasteiger partial charge in [0.2, 0.25) is 0 Å². The summed E-state index contributed by atoms with van der Waals surface area (Å²) in [6.07, 6.45) is 2.34. The number of ether oxygens (including phenoxy) is 2. The number of nitrogens with zero attached hydrogens (tertiary/aromatic N) is 1. The Labute approximate surface area is 187 Å². The molecule has 2 heterocycles. The van der Waals surface area contributed by atoms with Crippen molar-refractivity contribution in [3.05, 3.63) is 34.3 Å². The monoisotopic (exact) mass is 481 g/mol. The van der Waals surface area contributed by atoms with Gasteiger partial charge in [-0.25, -0.2) is 0 Å². The molecule has 1 aromatic rings. The molecule has 3 rings (SSSR count). The molecule has 0 aromatic heterocycles. The van der Waals surface area contributed by atoms with E-state index in [0.29, 0.717) is 17.8 Å². The van der Waals surface area contributed by atoms with Crippen LogP contribution in [0.15, 0.2) is 28.7 Å². The summed E-state index contributed by atoms with van der Waals surface area (Å²) in [5.41, 5.74) is 1.76. The first-order chi connectivity index (χ1) is 13.7. The Morgan fingerprint density at radius 2 is 1.90 bits per heavy atom. The molecule has 0 spiro atoms. The lowest BCUT2D eigenvalue weighted by Crippen LogP contribution is -2.34. The van der Waals surface area contributed by atoms with Crippen molar-refractivity contribution in [2.75, 3.05) is 39.6 Å². The van der Waals surface area contributed by atoms with Crippen molar-refractivity contribution < 1.29 is 9.47 Å². The fraction of sp³-hybridized carbons (Fsp3) is 0.750. The van der Waals surface area contributed by atoms with Crippen molar-refractivity contribution in [2.24, 2.45) is 17.3 Å². The predicted octanol–water partition coefficient (Wildman–Crippen LogP) is 6.23.